The molecule has 1 aromatic carbocycles. The van der Waals surface area contributed by atoms with Crippen LogP contribution >= 0.6 is 15.9 Å². The van der Waals surface area contributed by atoms with Crippen LogP contribution in [0.3, 0.4) is 0 Å². The van der Waals surface area contributed by atoms with E-state index in [1.807, 2.05) is 6.92 Å². The molecule has 1 saturated heterocycles. The zero-order valence-electron chi connectivity index (χ0n) is 15.7. The molecule has 1 aliphatic heterocycles. The van der Waals surface area contributed by atoms with Gasteiger partial charge in [0.2, 0.25) is 15.9 Å². The summed E-state index contributed by atoms with van der Waals surface area (Å²) in [5.74, 6) is 0.553. The van der Waals surface area contributed by atoms with Gasteiger partial charge in [-0.05, 0) is 43.9 Å². The van der Waals surface area contributed by atoms with Gasteiger partial charge in [-0.25, -0.2) is 8.42 Å². The van der Waals surface area contributed by atoms with E-state index >= 15 is 0 Å². The molecule has 1 fully saturated rings. The van der Waals surface area contributed by atoms with Gasteiger partial charge in [-0.2, -0.15) is 4.31 Å². The Kier molecular flexibility index (Phi) is 7.10. The number of halogens is 1. The summed E-state index contributed by atoms with van der Waals surface area (Å²) in [5, 5.41) is 3.03. The van der Waals surface area contributed by atoms with Crippen molar-refractivity contribution in [3.8, 4) is 5.75 Å². The van der Waals surface area contributed by atoms with Crippen LogP contribution in [0.15, 0.2) is 27.6 Å². The standard InChI is InChI=1S/C18H27BrN2O4S/c1-12(2)13(3)20-18(22)14-7-9-21(10-8-14)26(23,24)17-11-15(19)5-6-16(17)25-4/h5-6,11-14H,7-10H2,1-4H3,(H,20,22). The van der Waals surface area contributed by atoms with E-state index in [1.165, 1.54) is 11.4 Å². The molecule has 1 unspecified atom stereocenters. The lowest BCUT2D eigenvalue weighted by Gasteiger charge is -2.31. The Morgan fingerprint density at radius 1 is 1.27 bits per heavy atom. The van der Waals surface area contributed by atoms with Crippen molar-refractivity contribution < 1.29 is 17.9 Å². The first-order chi connectivity index (χ1) is 12.2. The van der Waals surface area contributed by atoms with Crippen LogP contribution in [0.2, 0.25) is 0 Å². The van der Waals surface area contributed by atoms with Crippen LogP contribution in [0, 0.1) is 11.8 Å². The summed E-state index contributed by atoms with van der Waals surface area (Å²) in [5.41, 5.74) is 0. The van der Waals surface area contributed by atoms with Crippen molar-refractivity contribution in [3.05, 3.63) is 22.7 Å². The molecule has 0 spiro atoms. The van der Waals surface area contributed by atoms with Crippen LogP contribution in [-0.2, 0) is 14.8 Å². The van der Waals surface area contributed by atoms with Crippen molar-refractivity contribution >= 4 is 31.9 Å². The van der Waals surface area contributed by atoms with E-state index < -0.39 is 10.0 Å². The maximum Gasteiger partial charge on any atom is 0.246 e. The SMILES string of the molecule is COc1ccc(Br)cc1S(=O)(=O)N1CCC(C(=O)NC(C)C(C)C)CC1. The molecule has 146 valence electrons. The molecular weight excluding hydrogens is 420 g/mol. The number of ether oxygens (including phenoxy) is 1. The number of carbonyl (C=O) groups excluding carboxylic acids is 1. The third kappa shape index (κ3) is 4.78. The fourth-order valence-electron chi connectivity index (χ4n) is 2.86. The molecule has 1 N–H and O–H groups in total. The lowest BCUT2D eigenvalue weighted by Crippen LogP contribution is -2.45. The van der Waals surface area contributed by atoms with Crippen LogP contribution in [0.5, 0.6) is 5.75 Å². The van der Waals surface area contributed by atoms with Crippen LogP contribution in [0.25, 0.3) is 0 Å². The second-order valence-electron chi connectivity index (χ2n) is 7.01. The first-order valence-electron chi connectivity index (χ1n) is 8.81. The number of sulfonamides is 1. The Balaban J connectivity index is 2.07. The number of rotatable bonds is 6. The highest BCUT2D eigenvalue weighted by Gasteiger charge is 2.34. The van der Waals surface area contributed by atoms with E-state index in [9.17, 15) is 13.2 Å². The Hall–Kier alpha value is -1.12. The van der Waals surface area contributed by atoms with Crippen LogP contribution in [-0.4, -0.2) is 44.9 Å². The average molecular weight is 447 g/mol. The largest absolute Gasteiger partial charge is 0.495 e. The van der Waals surface area contributed by atoms with Gasteiger partial charge in [0.1, 0.15) is 10.6 Å². The minimum atomic E-state index is -3.67. The van der Waals surface area contributed by atoms with Gasteiger partial charge in [-0.15, -0.1) is 0 Å². The van der Waals surface area contributed by atoms with E-state index in [0.29, 0.717) is 42.1 Å². The van der Waals surface area contributed by atoms with Crippen molar-refractivity contribution in [2.24, 2.45) is 11.8 Å². The molecule has 1 aromatic rings. The maximum absolute atomic E-state index is 13.0. The normalized spacial score (nSPS) is 17.9. The third-order valence-electron chi connectivity index (χ3n) is 4.94. The highest BCUT2D eigenvalue weighted by atomic mass is 79.9. The molecule has 26 heavy (non-hydrogen) atoms. The number of methoxy groups -OCH3 is 1. The summed E-state index contributed by atoms with van der Waals surface area (Å²) in [6.07, 6.45) is 1.04. The van der Waals surface area contributed by atoms with Gasteiger partial charge >= 0.3 is 0 Å². The van der Waals surface area contributed by atoms with Gasteiger partial charge in [-0.3, -0.25) is 4.79 Å². The second-order valence-corrected chi connectivity index (χ2v) is 9.84. The number of piperidine rings is 1. The summed E-state index contributed by atoms with van der Waals surface area (Å²) < 4.78 is 33.3. The monoisotopic (exact) mass is 446 g/mol. The third-order valence-corrected chi connectivity index (χ3v) is 7.35. The number of carbonyl (C=O) groups is 1. The average Bonchev–Trinajstić information content (AvgIpc) is 2.61. The molecule has 6 nitrogen and oxygen atoms in total. The number of nitrogens with zero attached hydrogens (tertiary/aromatic N) is 1. The number of hydrogen-bond donors (Lipinski definition) is 1. The molecule has 0 aromatic heterocycles. The highest BCUT2D eigenvalue weighted by molar-refractivity contribution is 9.10. The molecule has 2 rings (SSSR count). The first-order valence-corrected chi connectivity index (χ1v) is 11.0. The molecule has 1 aliphatic rings. The molecule has 0 saturated carbocycles. The Labute approximate surface area is 164 Å². The van der Waals surface area contributed by atoms with E-state index in [0.717, 1.165) is 0 Å². The van der Waals surface area contributed by atoms with E-state index in [-0.39, 0.29) is 22.8 Å². The zero-order valence-corrected chi connectivity index (χ0v) is 18.1. The van der Waals surface area contributed by atoms with Crippen molar-refractivity contribution in [1.82, 2.24) is 9.62 Å². The topological polar surface area (TPSA) is 75.7 Å². The Morgan fingerprint density at radius 3 is 2.42 bits per heavy atom. The molecule has 1 atom stereocenters. The molecule has 8 heteroatoms. The van der Waals surface area contributed by atoms with Crippen LogP contribution < -0.4 is 10.1 Å². The molecule has 0 aliphatic carbocycles. The van der Waals surface area contributed by atoms with Crippen molar-refractivity contribution in [3.63, 3.8) is 0 Å². The lowest BCUT2D eigenvalue weighted by atomic mass is 9.96. The van der Waals surface area contributed by atoms with Crippen LogP contribution in [0.1, 0.15) is 33.6 Å². The van der Waals surface area contributed by atoms with Gasteiger partial charge in [0.15, 0.2) is 0 Å². The van der Waals surface area contributed by atoms with E-state index in [2.05, 4.69) is 35.1 Å². The second kappa shape index (κ2) is 8.71. The van der Waals surface area contributed by atoms with Crippen molar-refractivity contribution in [1.29, 1.82) is 0 Å². The number of nitrogens with one attached hydrogen (secondary N) is 1. The minimum Gasteiger partial charge on any atom is -0.495 e. The summed E-state index contributed by atoms with van der Waals surface area (Å²) >= 11 is 3.31. The highest BCUT2D eigenvalue weighted by Crippen LogP contribution is 2.32. The fourth-order valence-corrected chi connectivity index (χ4v) is 5.02. The summed E-state index contributed by atoms with van der Waals surface area (Å²) in [7, 11) is -2.21. The lowest BCUT2D eigenvalue weighted by molar-refractivity contribution is -0.127. The van der Waals surface area contributed by atoms with Gasteiger partial charge < -0.3 is 10.1 Å². The predicted molar refractivity (Wildman–Crippen MR) is 105 cm³/mol. The van der Waals surface area contributed by atoms with Crippen molar-refractivity contribution in [2.45, 2.75) is 44.6 Å². The van der Waals surface area contributed by atoms with E-state index in [4.69, 9.17) is 4.74 Å². The van der Waals surface area contributed by atoms with Crippen LogP contribution in [0.4, 0.5) is 0 Å². The Morgan fingerprint density at radius 2 is 1.88 bits per heavy atom. The maximum atomic E-state index is 13.0. The molecular formula is C18H27BrN2O4S. The minimum absolute atomic E-state index is 0.0169. The smallest absolute Gasteiger partial charge is 0.246 e. The fraction of sp³-hybridized carbons (Fsp3) is 0.611. The molecule has 1 amide bonds. The van der Waals surface area contributed by atoms with Gasteiger partial charge in [-0.1, -0.05) is 29.8 Å². The number of hydrogen-bond acceptors (Lipinski definition) is 4. The molecule has 0 radical (unpaired) electrons. The number of benzene rings is 1. The quantitative estimate of drug-likeness (QED) is 0.728. The summed E-state index contributed by atoms with van der Waals surface area (Å²) in [6.45, 7) is 6.76. The molecule has 1 heterocycles. The molecule has 0 bridgehead atoms. The Bertz CT molecular complexity index is 744. The van der Waals surface area contributed by atoms with E-state index in [1.54, 1.807) is 18.2 Å². The zero-order chi connectivity index (χ0) is 19.5. The first kappa shape index (κ1) is 21.2. The predicted octanol–water partition coefficient (Wildman–Crippen LogP) is 3.02. The van der Waals surface area contributed by atoms with Gasteiger partial charge in [0.25, 0.3) is 0 Å². The van der Waals surface area contributed by atoms with Gasteiger partial charge in [0.05, 0.1) is 7.11 Å². The number of amides is 1. The van der Waals surface area contributed by atoms with Crippen molar-refractivity contribution in [2.75, 3.05) is 20.2 Å². The summed E-state index contributed by atoms with van der Waals surface area (Å²) in [6, 6.07) is 5.03. The van der Waals surface area contributed by atoms with Gasteiger partial charge in [0, 0.05) is 29.5 Å². The summed E-state index contributed by atoms with van der Waals surface area (Å²) in [4.78, 5) is 12.5.